The van der Waals surface area contributed by atoms with Crippen LogP contribution in [0.2, 0.25) is 0 Å². The maximum atomic E-state index is 12.0. The van der Waals surface area contributed by atoms with E-state index in [0.717, 1.165) is 6.42 Å². The predicted octanol–water partition coefficient (Wildman–Crippen LogP) is 2.04. The molecule has 1 fully saturated rings. The van der Waals surface area contributed by atoms with Gasteiger partial charge in [-0.25, -0.2) is 4.79 Å². The minimum Gasteiger partial charge on any atom is -0.444 e. The highest BCUT2D eigenvalue weighted by Crippen LogP contribution is 2.33. The van der Waals surface area contributed by atoms with Crippen LogP contribution in [0.5, 0.6) is 0 Å². The van der Waals surface area contributed by atoms with Gasteiger partial charge in [-0.2, -0.15) is 0 Å². The largest absolute Gasteiger partial charge is 0.444 e. The van der Waals surface area contributed by atoms with Crippen LogP contribution >= 0.6 is 0 Å². The smallest absolute Gasteiger partial charge is 0.408 e. The molecule has 0 aromatic heterocycles. The lowest BCUT2D eigenvalue weighted by atomic mass is 9.74. The Labute approximate surface area is 108 Å². The van der Waals surface area contributed by atoms with Crippen LogP contribution in [-0.2, 0) is 14.3 Å². The molecule has 1 aliphatic carbocycles. The van der Waals surface area contributed by atoms with Crippen LogP contribution in [-0.4, -0.2) is 36.2 Å². The Morgan fingerprint density at radius 1 is 1.28 bits per heavy atom. The van der Waals surface area contributed by atoms with Crippen LogP contribution in [0.25, 0.3) is 0 Å². The van der Waals surface area contributed by atoms with Gasteiger partial charge in [0.05, 0.1) is 0 Å². The highest BCUT2D eigenvalue weighted by Gasteiger charge is 2.45. The van der Waals surface area contributed by atoms with E-state index in [0.29, 0.717) is 19.4 Å². The third kappa shape index (κ3) is 3.98. The maximum absolute atomic E-state index is 12.0. The van der Waals surface area contributed by atoms with Gasteiger partial charge in [-0.05, 0) is 47.0 Å². The molecule has 0 heterocycles. The molecule has 0 spiro atoms. The number of ketones is 1. The van der Waals surface area contributed by atoms with Gasteiger partial charge in [0.2, 0.25) is 0 Å². The van der Waals surface area contributed by atoms with Crippen molar-refractivity contribution >= 4 is 11.9 Å². The molecule has 1 saturated carbocycles. The number of alkyl carbamates (subject to hydrolysis) is 1. The van der Waals surface area contributed by atoms with Crippen molar-refractivity contribution in [2.24, 2.45) is 0 Å². The summed E-state index contributed by atoms with van der Waals surface area (Å²) >= 11 is 0. The number of Topliss-reactive ketones (excluding diaryl/α,β-unsaturated/α-hetero) is 1. The highest BCUT2D eigenvalue weighted by atomic mass is 16.6. The number of carbonyl (C=O) groups is 2. The summed E-state index contributed by atoms with van der Waals surface area (Å²) in [5, 5.41) is 2.70. The van der Waals surface area contributed by atoms with E-state index in [9.17, 15) is 9.59 Å². The lowest BCUT2D eigenvalue weighted by Gasteiger charge is -2.40. The molecule has 0 atom stereocenters. The number of hydrogen-bond donors (Lipinski definition) is 1. The van der Waals surface area contributed by atoms with Crippen LogP contribution in [0.3, 0.4) is 0 Å². The van der Waals surface area contributed by atoms with Gasteiger partial charge in [-0.1, -0.05) is 0 Å². The summed E-state index contributed by atoms with van der Waals surface area (Å²) in [4.78, 5) is 23.7. The minimum absolute atomic E-state index is 0.0479. The zero-order valence-corrected chi connectivity index (χ0v) is 11.7. The van der Waals surface area contributed by atoms with Gasteiger partial charge in [0.1, 0.15) is 17.7 Å². The lowest BCUT2D eigenvalue weighted by Crippen LogP contribution is -2.60. The third-order valence-electron chi connectivity index (χ3n) is 2.92. The Kier molecular flexibility index (Phi) is 4.73. The SMILES string of the molecule is CCOCC(=O)C1(NC(=O)OC(C)(C)C)CCC1. The van der Waals surface area contributed by atoms with Crippen LogP contribution in [0.4, 0.5) is 4.79 Å². The Morgan fingerprint density at radius 2 is 1.89 bits per heavy atom. The van der Waals surface area contributed by atoms with E-state index < -0.39 is 17.2 Å². The molecule has 0 aromatic carbocycles. The predicted molar refractivity (Wildman–Crippen MR) is 67.5 cm³/mol. The molecule has 1 aliphatic rings. The zero-order valence-electron chi connectivity index (χ0n) is 11.7. The fourth-order valence-corrected chi connectivity index (χ4v) is 1.84. The Morgan fingerprint density at radius 3 is 2.28 bits per heavy atom. The molecule has 5 heteroatoms. The van der Waals surface area contributed by atoms with E-state index in [1.54, 1.807) is 20.8 Å². The average Bonchev–Trinajstić information content (AvgIpc) is 2.17. The Bertz CT molecular complexity index is 315. The fourth-order valence-electron chi connectivity index (χ4n) is 1.84. The first-order valence-electron chi connectivity index (χ1n) is 6.41. The molecule has 0 radical (unpaired) electrons. The first-order chi connectivity index (χ1) is 8.29. The molecule has 1 amide bonds. The number of hydrogen-bond acceptors (Lipinski definition) is 4. The fraction of sp³-hybridized carbons (Fsp3) is 0.846. The Hall–Kier alpha value is -1.10. The van der Waals surface area contributed by atoms with Gasteiger partial charge in [0.15, 0.2) is 5.78 Å². The van der Waals surface area contributed by atoms with Crippen molar-refractivity contribution < 1.29 is 19.1 Å². The Balaban J connectivity index is 2.55. The topological polar surface area (TPSA) is 64.6 Å². The summed E-state index contributed by atoms with van der Waals surface area (Å²) in [5.74, 6) is -0.0681. The molecular weight excluding hydrogens is 234 g/mol. The van der Waals surface area contributed by atoms with E-state index in [1.807, 2.05) is 6.92 Å². The second kappa shape index (κ2) is 5.69. The van der Waals surface area contributed by atoms with Crippen molar-refractivity contribution in [2.45, 2.75) is 58.1 Å². The molecule has 0 saturated heterocycles. The maximum Gasteiger partial charge on any atom is 0.408 e. The first-order valence-corrected chi connectivity index (χ1v) is 6.41. The summed E-state index contributed by atoms with van der Waals surface area (Å²) in [6, 6.07) is 0. The summed E-state index contributed by atoms with van der Waals surface area (Å²) in [6.45, 7) is 7.76. The van der Waals surface area contributed by atoms with Crippen molar-refractivity contribution in [3.8, 4) is 0 Å². The summed E-state index contributed by atoms with van der Waals surface area (Å²) < 4.78 is 10.3. The average molecular weight is 257 g/mol. The number of ether oxygens (including phenoxy) is 2. The second-order valence-corrected chi connectivity index (χ2v) is 5.62. The normalized spacial score (nSPS) is 17.8. The van der Waals surface area contributed by atoms with Crippen molar-refractivity contribution in [1.29, 1.82) is 0 Å². The van der Waals surface area contributed by atoms with Crippen molar-refractivity contribution in [2.75, 3.05) is 13.2 Å². The molecule has 1 N–H and O–H groups in total. The monoisotopic (exact) mass is 257 g/mol. The van der Waals surface area contributed by atoms with Crippen LogP contribution in [0, 0.1) is 0 Å². The molecule has 18 heavy (non-hydrogen) atoms. The van der Waals surface area contributed by atoms with Gasteiger partial charge < -0.3 is 14.8 Å². The number of carbonyl (C=O) groups excluding carboxylic acids is 2. The van der Waals surface area contributed by atoms with E-state index in [4.69, 9.17) is 9.47 Å². The summed E-state index contributed by atoms with van der Waals surface area (Å²) in [6.07, 6.45) is 1.73. The van der Waals surface area contributed by atoms with Gasteiger partial charge in [0, 0.05) is 6.61 Å². The van der Waals surface area contributed by atoms with E-state index in [2.05, 4.69) is 5.32 Å². The number of nitrogens with one attached hydrogen (secondary N) is 1. The van der Waals surface area contributed by atoms with Crippen molar-refractivity contribution in [3.63, 3.8) is 0 Å². The van der Waals surface area contributed by atoms with E-state index in [1.165, 1.54) is 0 Å². The van der Waals surface area contributed by atoms with Gasteiger partial charge in [-0.15, -0.1) is 0 Å². The molecular formula is C13H23NO4. The number of rotatable bonds is 5. The van der Waals surface area contributed by atoms with Crippen LogP contribution in [0.1, 0.15) is 47.0 Å². The molecule has 0 unspecified atom stereocenters. The zero-order chi connectivity index (χ0) is 13.8. The molecule has 0 bridgehead atoms. The van der Waals surface area contributed by atoms with Crippen LogP contribution < -0.4 is 5.32 Å². The standard InChI is InChI=1S/C13H23NO4/c1-5-17-9-10(15)13(7-6-8-13)14-11(16)18-12(2,3)4/h5-9H2,1-4H3,(H,14,16). The second-order valence-electron chi connectivity index (χ2n) is 5.62. The lowest BCUT2D eigenvalue weighted by molar-refractivity contribution is -0.133. The van der Waals surface area contributed by atoms with Gasteiger partial charge in [-0.3, -0.25) is 4.79 Å². The van der Waals surface area contributed by atoms with Crippen molar-refractivity contribution in [3.05, 3.63) is 0 Å². The highest BCUT2D eigenvalue weighted by molar-refractivity contribution is 5.93. The number of amides is 1. The minimum atomic E-state index is -0.766. The quantitative estimate of drug-likeness (QED) is 0.818. The third-order valence-corrected chi connectivity index (χ3v) is 2.92. The van der Waals surface area contributed by atoms with E-state index >= 15 is 0 Å². The van der Waals surface area contributed by atoms with Crippen LogP contribution in [0.15, 0.2) is 0 Å². The molecule has 5 nitrogen and oxygen atoms in total. The molecule has 0 aliphatic heterocycles. The van der Waals surface area contributed by atoms with E-state index in [-0.39, 0.29) is 12.4 Å². The van der Waals surface area contributed by atoms with Gasteiger partial charge >= 0.3 is 6.09 Å². The van der Waals surface area contributed by atoms with Crippen molar-refractivity contribution in [1.82, 2.24) is 5.32 Å². The molecule has 0 aromatic rings. The summed E-state index contributed by atoms with van der Waals surface area (Å²) in [7, 11) is 0. The molecule has 104 valence electrons. The first kappa shape index (κ1) is 15.0. The van der Waals surface area contributed by atoms with Gasteiger partial charge in [0.25, 0.3) is 0 Å². The summed E-state index contributed by atoms with van der Waals surface area (Å²) in [5.41, 5.74) is -1.32. The molecule has 1 rings (SSSR count).